The van der Waals surface area contributed by atoms with Gasteiger partial charge in [-0.1, -0.05) is 26.0 Å². The maximum Gasteiger partial charge on any atom is 0.145 e. The molecule has 1 aromatic carbocycles. The fraction of sp³-hybridized carbons (Fsp3) is 0.571. The number of fused-ring (bicyclic) bond motifs is 1. The Kier molecular flexibility index (Phi) is 3.89. The fourth-order valence-corrected chi connectivity index (χ4v) is 2.50. The van der Waals surface area contributed by atoms with Crippen LogP contribution in [0.25, 0.3) is 0 Å². The summed E-state index contributed by atoms with van der Waals surface area (Å²) in [5.74, 6) is 1.47. The fourth-order valence-electron chi connectivity index (χ4n) is 2.50. The predicted octanol–water partition coefficient (Wildman–Crippen LogP) is 2.48. The molecule has 1 aromatic rings. The van der Waals surface area contributed by atoms with Gasteiger partial charge in [-0.2, -0.15) is 0 Å². The zero-order valence-electron chi connectivity index (χ0n) is 10.8. The Morgan fingerprint density at radius 1 is 1.35 bits per heavy atom. The van der Waals surface area contributed by atoms with E-state index in [4.69, 9.17) is 10.5 Å². The first-order valence-electron chi connectivity index (χ1n) is 6.49. The largest absolute Gasteiger partial charge is 0.491 e. The number of para-hydroxylation sites is 1. The van der Waals surface area contributed by atoms with E-state index in [2.05, 4.69) is 24.8 Å². The summed E-state index contributed by atoms with van der Waals surface area (Å²) < 4.78 is 5.69. The van der Waals surface area contributed by atoms with Gasteiger partial charge in [0, 0.05) is 18.0 Å². The minimum atomic E-state index is 0.558. The van der Waals surface area contributed by atoms with Crippen LogP contribution in [0.1, 0.15) is 31.7 Å². The normalized spacial score (nSPS) is 18.9. The number of hydrogen-bond acceptors (Lipinski definition) is 3. The smallest absolute Gasteiger partial charge is 0.145 e. The Morgan fingerprint density at radius 2 is 2.12 bits per heavy atom. The molecule has 0 aliphatic carbocycles. The number of nitrogens with zero attached hydrogens (tertiary/aromatic N) is 1. The molecule has 3 heteroatoms. The van der Waals surface area contributed by atoms with E-state index in [1.54, 1.807) is 0 Å². The van der Waals surface area contributed by atoms with Crippen molar-refractivity contribution in [3.05, 3.63) is 23.8 Å². The lowest BCUT2D eigenvalue weighted by Gasteiger charge is -2.30. The number of anilines is 1. The second-order valence-electron chi connectivity index (χ2n) is 4.59. The average molecular weight is 234 g/mol. The first-order chi connectivity index (χ1) is 8.26. The van der Waals surface area contributed by atoms with Crippen LogP contribution in [0.4, 0.5) is 5.69 Å². The topological polar surface area (TPSA) is 38.5 Å². The highest BCUT2D eigenvalue weighted by atomic mass is 16.5. The zero-order valence-corrected chi connectivity index (χ0v) is 10.8. The van der Waals surface area contributed by atoms with E-state index in [0.717, 1.165) is 44.1 Å². The summed E-state index contributed by atoms with van der Waals surface area (Å²) in [7, 11) is 0. The molecule has 0 radical (unpaired) electrons. The number of nitrogen functional groups attached to an aromatic ring is 1. The Labute approximate surface area is 104 Å². The van der Waals surface area contributed by atoms with Gasteiger partial charge in [-0.15, -0.1) is 0 Å². The van der Waals surface area contributed by atoms with E-state index in [0.29, 0.717) is 5.92 Å². The number of nitrogens with two attached hydrogens (primary N) is 1. The molecule has 1 unspecified atom stereocenters. The lowest BCUT2D eigenvalue weighted by molar-refractivity contribution is 0.222. The van der Waals surface area contributed by atoms with Crippen molar-refractivity contribution in [3.63, 3.8) is 0 Å². The number of benzene rings is 1. The van der Waals surface area contributed by atoms with Crippen LogP contribution in [0.5, 0.6) is 5.75 Å². The van der Waals surface area contributed by atoms with Gasteiger partial charge in [0.25, 0.3) is 0 Å². The molecule has 0 spiro atoms. The van der Waals surface area contributed by atoms with Crippen molar-refractivity contribution in [2.45, 2.75) is 26.2 Å². The summed E-state index contributed by atoms with van der Waals surface area (Å²) in [6, 6.07) is 6.09. The maximum atomic E-state index is 5.96. The zero-order chi connectivity index (χ0) is 12.3. The summed E-state index contributed by atoms with van der Waals surface area (Å²) in [6.45, 7) is 8.52. The van der Waals surface area contributed by atoms with Crippen molar-refractivity contribution in [2.75, 3.05) is 32.0 Å². The molecule has 1 aliphatic rings. The van der Waals surface area contributed by atoms with Crippen molar-refractivity contribution >= 4 is 5.69 Å². The predicted molar refractivity (Wildman–Crippen MR) is 71.5 cm³/mol. The summed E-state index contributed by atoms with van der Waals surface area (Å²) >= 11 is 0. The van der Waals surface area contributed by atoms with Gasteiger partial charge in [-0.05, 0) is 25.6 Å². The average Bonchev–Trinajstić information content (AvgIpc) is 2.37. The molecule has 0 amide bonds. The first-order valence-corrected chi connectivity index (χ1v) is 6.49. The van der Waals surface area contributed by atoms with Gasteiger partial charge in [-0.25, -0.2) is 0 Å². The highest BCUT2D eigenvalue weighted by molar-refractivity contribution is 5.58. The summed E-state index contributed by atoms with van der Waals surface area (Å²) in [5.41, 5.74) is 8.01. The van der Waals surface area contributed by atoms with Gasteiger partial charge in [0.05, 0.1) is 12.3 Å². The molecule has 2 N–H and O–H groups in total. The van der Waals surface area contributed by atoms with E-state index < -0.39 is 0 Å². The van der Waals surface area contributed by atoms with Crippen LogP contribution in [-0.2, 0) is 0 Å². The molecule has 0 fully saturated rings. The van der Waals surface area contributed by atoms with Gasteiger partial charge in [0.1, 0.15) is 5.75 Å². The second kappa shape index (κ2) is 5.41. The van der Waals surface area contributed by atoms with Gasteiger partial charge in [0.15, 0.2) is 0 Å². The maximum absolute atomic E-state index is 5.96. The minimum Gasteiger partial charge on any atom is -0.491 e. The van der Waals surface area contributed by atoms with E-state index in [-0.39, 0.29) is 0 Å². The van der Waals surface area contributed by atoms with E-state index in [1.807, 2.05) is 12.1 Å². The standard InChI is InChI=1S/C14H22N2O/c1-3-16(4-2)10-11-8-9-17-14-12(11)6-5-7-13(14)15/h5-7,11H,3-4,8-10,15H2,1-2H3. The molecule has 1 aliphatic heterocycles. The highest BCUT2D eigenvalue weighted by Crippen LogP contribution is 2.37. The Morgan fingerprint density at radius 3 is 2.82 bits per heavy atom. The van der Waals surface area contributed by atoms with Crippen LogP contribution in [0.2, 0.25) is 0 Å². The molecule has 0 saturated carbocycles. The molecule has 17 heavy (non-hydrogen) atoms. The van der Waals surface area contributed by atoms with Gasteiger partial charge in [0.2, 0.25) is 0 Å². The molecular formula is C14H22N2O. The van der Waals surface area contributed by atoms with E-state index >= 15 is 0 Å². The molecule has 1 atom stereocenters. The number of ether oxygens (including phenoxy) is 1. The molecule has 0 bridgehead atoms. The minimum absolute atomic E-state index is 0.558. The lowest BCUT2D eigenvalue weighted by Crippen LogP contribution is -2.30. The first kappa shape index (κ1) is 12.2. The quantitative estimate of drug-likeness (QED) is 0.813. The lowest BCUT2D eigenvalue weighted by atomic mass is 9.92. The van der Waals surface area contributed by atoms with Crippen molar-refractivity contribution in [1.29, 1.82) is 0 Å². The second-order valence-corrected chi connectivity index (χ2v) is 4.59. The van der Waals surface area contributed by atoms with Crippen LogP contribution >= 0.6 is 0 Å². The van der Waals surface area contributed by atoms with Crippen LogP contribution < -0.4 is 10.5 Å². The third-order valence-corrected chi connectivity index (χ3v) is 3.60. The van der Waals surface area contributed by atoms with Crippen molar-refractivity contribution in [3.8, 4) is 5.75 Å². The van der Waals surface area contributed by atoms with Gasteiger partial charge in [-0.3, -0.25) is 0 Å². The summed E-state index contributed by atoms with van der Waals surface area (Å²) in [4.78, 5) is 2.46. The van der Waals surface area contributed by atoms with Crippen molar-refractivity contribution in [1.82, 2.24) is 4.90 Å². The highest BCUT2D eigenvalue weighted by Gasteiger charge is 2.24. The Hall–Kier alpha value is -1.22. The Bertz CT molecular complexity index is 374. The van der Waals surface area contributed by atoms with Crippen LogP contribution in [0.15, 0.2) is 18.2 Å². The van der Waals surface area contributed by atoms with Gasteiger partial charge < -0.3 is 15.4 Å². The number of hydrogen-bond donors (Lipinski definition) is 1. The SMILES string of the molecule is CCN(CC)CC1CCOc2c(N)cccc21. The van der Waals surface area contributed by atoms with Crippen LogP contribution in [-0.4, -0.2) is 31.1 Å². The molecule has 94 valence electrons. The summed E-state index contributed by atoms with van der Waals surface area (Å²) in [5, 5.41) is 0. The number of likely N-dealkylation sites (N-methyl/N-ethyl adjacent to an activating group) is 1. The molecule has 3 nitrogen and oxygen atoms in total. The van der Waals surface area contributed by atoms with Crippen LogP contribution in [0.3, 0.4) is 0 Å². The van der Waals surface area contributed by atoms with Crippen molar-refractivity contribution in [2.24, 2.45) is 0 Å². The number of rotatable bonds is 4. The molecule has 1 heterocycles. The van der Waals surface area contributed by atoms with E-state index in [9.17, 15) is 0 Å². The monoisotopic (exact) mass is 234 g/mol. The van der Waals surface area contributed by atoms with Crippen LogP contribution in [0, 0.1) is 0 Å². The molecule has 0 saturated heterocycles. The Balaban J connectivity index is 2.20. The third kappa shape index (κ3) is 2.55. The molecular weight excluding hydrogens is 212 g/mol. The van der Waals surface area contributed by atoms with E-state index in [1.165, 1.54) is 5.56 Å². The van der Waals surface area contributed by atoms with Gasteiger partial charge >= 0.3 is 0 Å². The third-order valence-electron chi connectivity index (χ3n) is 3.60. The molecule has 0 aromatic heterocycles. The molecule has 2 rings (SSSR count). The summed E-state index contributed by atoms with van der Waals surface area (Å²) in [6.07, 6.45) is 1.09. The van der Waals surface area contributed by atoms with Crippen molar-refractivity contribution < 1.29 is 4.74 Å².